The number of pyridine rings is 1. The van der Waals surface area contributed by atoms with E-state index in [-0.39, 0.29) is 11.6 Å². The van der Waals surface area contributed by atoms with Gasteiger partial charge in [-0.1, -0.05) is 18.6 Å². The van der Waals surface area contributed by atoms with E-state index >= 15 is 0 Å². The van der Waals surface area contributed by atoms with Crippen molar-refractivity contribution in [3.05, 3.63) is 76.5 Å². The third-order valence-electron chi connectivity index (χ3n) is 5.17. The number of aromatic amines is 1. The molecule has 1 aliphatic rings. The highest BCUT2D eigenvalue weighted by atomic mass is 16.5. The van der Waals surface area contributed by atoms with Crippen molar-refractivity contribution >= 4 is 0 Å². The first-order chi connectivity index (χ1) is 13.7. The number of benzene rings is 1. The number of nitrogens with zero attached hydrogens (tertiary/aromatic N) is 3. The van der Waals surface area contributed by atoms with E-state index in [2.05, 4.69) is 27.0 Å². The van der Waals surface area contributed by atoms with Crippen molar-refractivity contribution in [1.82, 2.24) is 19.9 Å². The Morgan fingerprint density at radius 2 is 2.14 bits per heavy atom. The second-order valence-corrected chi connectivity index (χ2v) is 7.09. The molecule has 6 nitrogen and oxygen atoms in total. The number of ether oxygens (including phenoxy) is 1. The van der Waals surface area contributed by atoms with Crippen LogP contribution in [-0.2, 0) is 6.54 Å². The largest absolute Gasteiger partial charge is 0.497 e. The molecule has 1 N–H and O–H groups in total. The number of H-pyrrole nitrogens is 1. The standard InChI is InChI=1S/C22H24N4O2/c1-28-18-8-4-6-16(12-18)15-26-11-3-2-9-20(26)19-13-21(27)25-22(24-19)17-7-5-10-23-14-17/h4-8,10,12-14,20H,2-3,9,11,15H2,1H3,(H,24,25,27). The molecule has 28 heavy (non-hydrogen) atoms. The molecule has 1 fully saturated rings. The molecule has 1 unspecified atom stereocenters. The number of piperidine rings is 1. The summed E-state index contributed by atoms with van der Waals surface area (Å²) in [7, 11) is 1.68. The van der Waals surface area contributed by atoms with Crippen LogP contribution in [-0.4, -0.2) is 33.5 Å². The molecule has 1 aromatic carbocycles. The molecule has 1 aliphatic heterocycles. The van der Waals surface area contributed by atoms with E-state index in [9.17, 15) is 4.79 Å². The van der Waals surface area contributed by atoms with Crippen molar-refractivity contribution in [1.29, 1.82) is 0 Å². The van der Waals surface area contributed by atoms with Gasteiger partial charge in [-0.05, 0) is 49.2 Å². The first kappa shape index (κ1) is 18.4. The van der Waals surface area contributed by atoms with E-state index in [1.807, 2.05) is 24.3 Å². The third kappa shape index (κ3) is 4.12. The summed E-state index contributed by atoms with van der Waals surface area (Å²) in [6, 6.07) is 13.7. The Bertz CT molecular complexity index is 987. The Morgan fingerprint density at radius 1 is 1.21 bits per heavy atom. The summed E-state index contributed by atoms with van der Waals surface area (Å²) in [6.07, 6.45) is 6.71. The van der Waals surface area contributed by atoms with Crippen LogP contribution in [0.2, 0.25) is 0 Å². The second-order valence-electron chi connectivity index (χ2n) is 7.09. The Hall–Kier alpha value is -2.99. The van der Waals surface area contributed by atoms with Gasteiger partial charge in [-0.15, -0.1) is 0 Å². The van der Waals surface area contributed by atoms with Gasteiger partial charge in [0.05, 0.1) is 18.8 Å². The van der Waals surface area contributed by atoms with Crippen LogP contribution >= 0.6 is 0 Å². The number of hydrogen-bond acceptors (Lipinski definition) is 5. The third-order valence-corrected chi connectivity index (χ3v) is 5.17. The minimum atomic E-state index is -0.129. The van der Waals surface area contributed by atoms with Gasteiger partial charge in [0.25, 0.3) is 5.56 Å². The highest BCUT2D eigenvalue weighted by molar-refractivity contribution is 5.52. The summed E-state index contributed by atoms with van der Waals surface area (Å²) in [5.74, 6) is 1.43. The molecule has 0 bridgehead atoms. The zero-order chi connectivity index (χ0) is 19.3. The summed E-state index contributed by atoms with van der Waals surface area (Å²) >= 11 is 0. The van der Waals surface area contributed by atoms with E-state index in [4.69, 9.17) is 9.72 Å². The van der Waals surface area contributed by atoms with Gasteiger partial charge in [0.1, 0.15) is 11.6 Å². The number of likely N-dealkylation sites (tertiary alicyclic amines) is 1. The van der Waals surface area contributed by atoms with Gasteiger partial charge < -0.3 is 9.72 Å². The Morgan fingerprint density at radius 3 is 2.96 bits per heavy atom. The highest BCUT2D eigenvalue weighted by Gasteiger charge is 2.26. The zero-order valence-corrected chi connectivity index (χ0v) is 16.0. The molecule has 1 atom stereocenters. The fourth-order valence-corrected chi connectivity index (χ4v) is 3.81. The number of aromatic nitrogens is 3. The molecule has 2 aromatic heterocycles. The van der Waals surface area contributed by atoms with Crippen LogP contribution in [0.3, 0.4) is 0 Å². The number of rotatable bonds is 5. The van der Waals surface area contributed by atoms with Gasteiger partial charge in [0.15, 0.2) is 0 Å². The average Bonchev–Trinajstić information content (AvgIpc) is 2.74. The van der Waals surface area contributed by atoms with E-state index < -0.39 is 0 Å². The van der Waals surface area contributed by atoms with Crippen molar-refractivity contribution in [2.75, 3.05) is 13.7 Å². The molecule has 4 rings (SSSR count). The maximum atomic E-state index is 12.3. The number of methoxy groups -OCH3 is 1. The SMILES string of the molecule is COc1cccc(CN2CCCCC2c2cc(=O)[nH]c(-c3cccnc3)n2)c1. The van der Waals surface area contributed by atoms with Gasteiger partial charge >= 0.3 is 0 Å². The fraction of sp³-hybridized carbons (Fsp3) is 0.318. The monoisotopic (exact) mass is 376 g/mol. The van der Waals surface area contributed by atoms with Crippen LogP contribution in [0.4, 0.5) is 0 Å². The minimum Gasteiger partial charge on any atom is -0.497 e. The summed E-state index contributed by atoms with van der Waals surface area (Å²) < 4.78 is 5.35. The lowest BCUT2D eigenvalue weighted by Gasteiger charge is -2.35. The first-order valence-corrected chi connectivity index (χ1v) is 9.61. The summed E-state index contributed by atoms with van der Waals surface area (Å²) in [5.41, 5.74) is 2.71. The van der Waals surface area contributed by atoms with Crippen molar-refractivity contribution in [2.24, 2.45) is 0 Å². The van der Waals surface area contributed by atoms with E-state index in [1.165, 1.54) is 5.56 Å². The van der Waals surface area contributed by atoms with Gasteiger partial charge in [-0.3, -0.25) is 14.7 Å². The highest BCUT2D eigenvalue weighted by Crippen LogP contribution is 2.31. The van der Waals surface area contributed by atoms with Gasteiger partial charge in [-0.25, -0.2) is 4.98 Å². The molecular formula is C22H24N4O2. The van der Waals surface area contributed by atoms with Crippen molar-refractivity contribution in [3.63, 3.8) is 0 Å². The first-order valence-electron chi connectivity index (χ1n) is 9.61. The average molecular weight is 376 g/mol. The lowest BCUT2D eigenvalue weighted by atomic mass is 9.98. The second kappa shape index (κ2) is 8.35. The van der Waals surface area contributed by atoms with Crippen LogP contribution in [0.5, 0.6) is 5.75 Å². The maximum absolute atomic E-state index is 12.3. The van der Waals surface area contributed by atoms with E-state index in [1.54, 1.807) is 25.6 Å². The summed E-state index contributed by atoms with van der Waals surface area (Å²) in [4.78, 5) is 26.5. The van der Waals surface area contributed by atoms with Gasteiger partial charge in [-0.2, -0.15) is 0 Å². The molecule has 0 spiro atoms. The van der Waals surface area contributed by atoms with Gasteiger partial charge in [0, 0.05) is 30.6 Å². The predicted octanol–water partition coefficient (Wildman–Crippen LogP) is 3.57. The molecule has 3 heterocycles. The van der Waals surface area contributed by atoms with E-state index in [0.29, 0.717) is 5.82 Å². The lowest BCUT2D eigenvalue weighted by Crippen LogP contribution is -2.34. The number of hydrogen-bond donors (Lipinski definition) is 1. The van der Waals surface area contributed by atoms with Crippen LogP contribution in [0.25, 0.3) is 11.4 Å². The van der Waals surface area contributed by atoms with Crippen LogP contribution in [0.15, 0.2) is 59.7 Å². The van der Waals surface area contributed by atoms with Crippen molar-refractivity contribution < 1.29 is 4.74 Å². The summed E-state index contributed by atoms with van der Waals surface area (Å²) in [6.45, 7) is 1.79. The summed E-state index contributed by atoms with van der Waals surface area (Å²) in [5, 5.41) is 0. The minimum absolute atomic E-state index is 0.123. The Labute approximate surface area is 164 Å². The molecule has 144 valence electrons. The van der Waals surface area contributed by atoms with Crippen LogP contribution in [0.1, 0.15) is 36.6 Å². The van der Waals surface area contributed by atoms with Crippen molar-refractivity contribution in [3.8, 4) is 17.1 Å². The zero-order valence-electron chi connectivity index (χ0n) is 16.0. The molecule has 0 radical (unpaired) electrons. The van der Waals surface area contributed by atoms with Crippen LogP contribution in [0, 0.1) is 0 Å². The molecular weight excluding hydrogens is 352 g/mol. The smallest absolute Gasteiger partial charge is 0.251 e. The molecule has 0 saturated carbocycles. The number of nitrogens with one attached hydrogen (secondary N) is 1. The predicted molar refractivity (Wildman–Crippen MR) is 108 cm³/mol. The van der Waals surface area contributed by atoms with Gasteiger partial charge in [0.2, 0.25) is 0 Å². The molecule has 6 heteroatoms. The quantitative estimate of drug-likeness (QED) is 0.737. The molecule has 3 aromatic rings. The molecule has 0 aliphatic carbocycles. The lowest BCUT2D eigenvalue weighted by molar-refractivity contribution is 0.137. The normalized spacial score (nSPS) is 17.4. The topological polar surface area (TPSA) is 71.1 Å². The maximum Gasteiger partial charge on any atom is 0.251 e. The van der Waals surface area contributed by atoms with Crippen molar-refractivity contribution in [2.45, 2.75) is 31.8 Å². The van der Waals surface area contributed by atoms with E-state index in [0.717, 1.165) is 49.4 Å². The molecule has 1 saturated heterocycles. The molecule has 0 amide bonds. The fourth-order valence-electron chi connectivity index (χ4n) is 3.81. The Balaban J connectivity index is 1.64. The van der Waals surface area contributed by atoms with Crippen LogP contribution < -0.4 is 10.3 Å². The Kier molecular flexibility index (Phi) is 5.48.